The standard InChI is InChI=1S/C22H22N4O5/c1-22-13-12-20(28)25(22)18-6-3-2-5-17(18)21(29)24(22)14-4-7-19(27)23-15-8-10-16(11-9-15)26(30)31/h2-3,5-6,8-11H,4,7,12-14H2,1H3,(H,23,27). The number of nitro groups is 1. The number of amides is 3. The van der Waals surface area contributed by atoms with Crippen LogP contribution in [0.2, 0.25) is 0 Å². The molecule has 2 aromatic carbocycles. The Hall–Kier alpha value is -3.75. The van der Waals surface area contributed by atoms with Gasteiger partial charge in [0.2, 0.25) is 11.8 Å². The van der Waals surface area contributed by atoms with E-state index in [-0.39, 0.29) is 29.8 Å². The Morgan fingerprint density at radius 1 is 1.16 bits per heavy atom. The fourth-order valence-corrected chi connectivity index (χ4v) is 4.33. The van der Waals surface area contributed by atoms with Crippen molar-refractivity contribution >= 4 is 34.8 Å². The van der Waals surface area contributed by atoms with Gasteiger partial charge in [-0.1, -0.05) is 12.1 Å². The lowest BCUT2D eigenvalue weighted by Gasteiger charge is -2.48. The average Bonchev–Trinajstić information content (AvgIpc) is 3.06. The topological polar surface area (TPSA) is 113 Å². The van der Waals surface area contributed by atoms with Crippen LogP contribution < -0.4 is 10.2 Å². The van der Waals surface area contributed by atoms with E-state index in [9.17, 15) is 24.5 Å². The summed E-state index contributed by atoms with van der Waals surface area (Å²) in [7, 11) is 0. The van der Waals surface area contributed by atoms with E-state index in [1.54, 1.807) is 28.0 Å². The Kier molecular flexibility index (Phi) is 5.18. The van der Waals surface area contributed by atoms with Crippen molar-refractivity contribution in [2.45, 2.75) is 38.3 Å². The van der Waals surface area contributed by atoms with Crippen molar-refractivity contribution in [3.63, 3.8) is 0 Å². The number of hydrogen-bond donors (Lipinski definition) is 1. The summed E-state index contributed by atoms with van der Waals surface area (Å²) in [5.41, 5.74) is 0.816. The first-order chi connectivity index (χ1) is 14.8. The first-order valence-electron chi connectivity index (χ1n) is 10.1. The minimum Gasteiger partial charge on any atom is -0.326 e. The first-order valence-corrected chi connectivity index (χ1v) is 10.1. The smallest absolute Gasteiger partial charge is 0.269 e. The summed E-state index contributed by atoms with van der Waals surface area (Å²) in [5, 5.41) is 13.4. The highest BCUT2D eigenvalue weighted by Gasteiger charge is 2.52. The molecule has 1 fully saturated rings. The van der Waals surface area contributed by atoms with Crippen LogP contribution >= 0.6 is 0 Å². The maximum atomic E-state index is 13.2. The maximum Gasteiger partial charge on any atom is 0.269 e. The highest BCUT2D eigenvalue weighted by atomic mass is 16.6. The summed E-state index contributed by atoms with van der Waals surface area (Å²) in [5.74, 6) is -0.397. The van der Waals surface area contributed by atoms with Crippen molar-refractivity contribution in [3.8, 4) is 0 Å². The number of fused-ring (bicyclic) bond motifs is 3. The number of carbonyl (C=O) groups is 3. The molecule has 2 heterocycles. The summed E-state index contributed by atoms with van der Waals surface area (Å²) < 4.78 is 0. The van der Waals surface area contributed by atoms with Crippen LogP contribution in [0.15, 0.2) is 48.5 Å². The fraction of sp³-hybridized carbons (Fsp3) is 0.318. The molecule has 1 saturated heterocycles. The van der Waals surface area contributed by atoms with E-state index >= 15 is 0 Å². The second-order valence-electron chi connectivity index (χ2n) is 7.88. The highest BCUT2D eigenvalue weighted by molar-refractivity contribution is 6.10. The quantitative estimate of drug-likeness (QED) is 0.567. The van der Waals surface area contributed by atoms with Crippen molar-refractivity contribution in [1.29, 1.82) is 0 Å². The molecule has 0 bridgehead atoms. The summed E-state index contributed by atoms with van der Waals surface area (Å²) >= 11 is 0. The number of nitrogens with one attached hydrogen (secondary N) is 1. The Morgan fingerprint density at radius 3 is 2.58 bits per heavy atom. The van der Waals surface area contributed by atoms with Crippen LogP contribution in [-0.4, -0.2) is 39.8 Å². The van der Waals surface area contributed by atoms with E-state index in [0.717, 1.165) is 0 Å². The van der Waals surface area contributed by atoms with Gasteiger partial charge in [-0.3, -0.25) is 29.4 Å². The van der Waals surface area contributed by atoms with Crippen molar-refractivity contribution < 1.29 is 19.3 Å². The van der Waals surface area contributed by atoms with Gasteiger partial charge in [0.25, 0.3) is 11.6 Å². The van der Waals surface area contributed by atoms with Gasteiger partial charge in [-0.15, -0.1) is 0 Å². The van der Waals surface area contributed by atoms with E-state index in [1.807, 2.05) is 13.0 Å². The van der Waals surface area contributed by atoms with Crippen LogP contribution in [0.5, 0.6) is 0 Å². The molecule has 9 nitrogen and oxygen atoms in total. The zero-order valence-electron chi connectivity index (χ0n) is 17.0. The third-order valence-corrected chi connectivity index (χ3v) is 5.89. The molecular formula is C22H22N4O5. The van der Waals surface area contributed by atoms with Gasteiger partial charge in [0.1, 0.15) is 5.66 Å². The summed E-state index contributed by atoms with van der Waals surface area (Å²) in [6, 6.07) is 12.7. The van der Waals surface area contributed by atoms with Gasteiger partial charge in [0, 0.05) is 37.2 Å². The zero-order chi connectivity index (χ0) is 22.2. The van der Waals surface area contributed by atoms with E-state index in [2.05, 4.69) is 5.32 Å². The third kappa shape index (κ3) is 3.63. The molecule has 0 saturated carbocycles. The van der Waals surface area contributed by atoms with Gasteiger partial charge in [-0.25, -0.2) is 0 Å². The van der Waals surface area contributed by atoms with Crippen LogP contribution in [0, 0.1) is 10.1 Å². The number of para-hydroxylation sites is 1. The number of rotatable bonds is 6. The van der Waals surface area contributed by atoms with Gasteiger partial charge < -0.3 is 10.2 Å². The van der Waals surface area contributed by atoms with Gasteiger partial charge in [-0.05, 0) is 44.0 Å². The number of non-ortho nitro benzene ring substituents is 1. The molecule has 9 heteroatoms. The molecule has 160 valence electrons. The fourth-order valence-electron chi connectivity index (χ4n) is 4.33. The lowest BCUT2D eigenvalue weighted by atomic mass is 9.98. The molecule has 0 spiro atoms. The Bertz CT molecular complexity index is 1070. The maximum absolute atomic E-state index is 13.2. The van der Waals surface area contributed by atoms with Crippen LogP contribution in [0.25, 0.3) is 0 Å². The second kappa shape index (κ2) is 7.82. The van der Waals surface area contributed by atoms with E-state index in [4.69, 9.17) is 0 Å². The second-order valence-corrected chi connectivity index (χ2v) is 7.88. The first kappa shape index (κ1) is 20.5. The van der Waals surface area contributed by atoms with E-state index in [0.29, 0.717) is 42.7 Å². The molecule has 0 aromatic heterocycles. The largest absolute Gasteiger partial charge is 0.326 e. The molecule has 1 N–H and O–H groups in total. The molecule has 4 rings (SSSR count). The van der Waals surface area contributed by atoms with Crippen LogP contribution in [-0.2, 0) is 9.59 Å². The Labute approximate surface area is 178 Å². The van der Waals surface area contributed by atoms with Gasteiger partial charge in [0.05, 0.1) is 16.2 Å². The molecule has 2 aliphatic heterocycles. The van der Waals surface area contributed by atoms with Crippen LogP contribution in [0.3, 0.4) is 0 Å². The molecule has 1 atom stereocenters. The van der Waals surface area contributed by atoms with Crippen LogP contribution in [0.4, 0.5) is 17.1 Å². The normalized spacial score (nSPS) is 19.8. The minimum absolute atomic E-state index is 0.0108. The van der Waals surface area contributed by atoms with Crippen molar-refractivity contribution in [3.05, 3.63) is 64.2 Å². The van der Waals surface area contributed by atoms with Crippen molar-refractivity contribution in [1.82, 2.24) is 4.90 Å². The predicted octanol–water partition coefficient (Wildman–Crippen LogP) is 3.31. The zero-order valence-corrected chi connectivity index (χ0v) is 17.0. The summed E-state index contributed by atoms with van der Waals surface area (Å²) in [6.07, 6.45) is 1.51. The monoisotopic (exact) mass is 422 g/mol. The average molecular weight is 422 g/mol. The predicted molar refractivity (Wildman–Crippen MR) is 114 cm³/mol. The Balaban J connectivity index is 1.42. The molecule has 0 radical (unpaired) electrons. The number of anilines is 2. The number of benzene rings is 2. The van der Waals surface area contributed by atoms with Crippen molar-refractivity contribution in [2.75, 3.05) is 16.8 Å². The molecule has 1 unspecified atom stereocenters. The molecule has 2 aromatic rings. The Morgan fingerprint density at radius 2 is 1.87 bits per heavy atom. The molecular weight excluding hydrogens is 400 g/mol. The molecule has 2 aliphatic rings. The number of nitrogens with zero attached hydrogens (tertiary/aromatic N) is 3. The summed E-state index contributed by atoms with van der Waals surface area (Å²) in [6.45, 7) is 2.23. The van der Waals surface area contributed by atoms with Crippen LogP contribution in [0.1, 0.15) is 43.0 Å². The number of nitro benzene ring substituents is 1. The molecule has 3 amide bonds. The van der Waals surface area contributed by atoms with Gasteiger partial charge in [-0.2, -0.15) is 0 Å². The third-order valence-electron chi connectivity index (χ3n) is 5.89. The molecule has 0 aliphatic carbocycles. The van der Waals surface area contributed by atoms with E-state index < -0.39 is 10.6 Å². The number of carbonyl (C=O) groups excluding carboxylic acids is 3. The lowest BCUT2D eigenvalue weighted by Crippen LogP contribution is -2.62. The molecule has 31 heavy (non-hydrogen) atoms. The minimum atomic E-state index is -0.739. The van der Waals surface area contributed by atoms with Gasteiger partial charge >= 0.3 is 0 Å². The highest BCUT2D eigenvalue weighted by Crippen LogP contribution is 2.44. The van der Waals surface area contributed by atoms with E-state index in [1.165, 1.54) is 24.3 Å². The lowest BCUT2D eigenvalue weighted by molar-refractivity contribution is -0.384. The SMILES string of the molecule is CC12CCC(=O)N1c1ccccc1C(=O)N2CCCC(=O)Nc1ccc([N+](=O)[O-])cc1. The van der Waals surface area contributed by atoms with Crippen molar-refractivity contribution in [2.24, 2.45) is 0 Å². The van der Waals surface area contributed by atoms with Gasteiger partial charge in [0.15, 0.2) is 0 Å². The summed E-state index contributed by atoms with van der Waals surface area (Å²) in [4.78, 5) is 51.6. The number of hydrogen-bond acceptors (Lipinski definition) is 5.